The lowest BCUT2D eigenvalue weighted by atomic mass is 9.59. The third-order valence-electron chi connectivity index (χ3n) is 6.97. The van der Waals surface area contributed by atoms with Gasteiger partial charge in [0.05, 0.1) is 11.3 Å². The largest absolute Gasteiger partial charge is 0.401 e. The fraction of sp³-hybridized carbons (Fsp3) is 0.423. The zero-order valence-electron chi connectivity index (χ0n) is 20.0. The van der Waals surface area contributed by atoms with Crippen LogP contribution in [-0.4, -0.2) is 9.97 Å². The second kappa shape index (κ2) is 10.1. The van der Waals surface area contributed by atoms with Crippen molar-refractivity contribution in [3.05, 3.63) is 82.8 Å². The average Bonchev–Trinajstić information content (AvgIpc) is 2.78. The van der Waals surface area contributed by atoms with Crippen LogP contribution in [0.5, 0.6) is 0 Å². The van der Waals surface area contributed by atoms with E-state index in [0.717, 1.165) is 18.6 Å². The van der Waals surface area contributed by atoms with Crippen molar-refractivity contribution in [1.29, 1.82) is 5.26 Å². The predicted octanol–water partition coefficient (Wildman–Crippen LogP) is 6.01. The molecule has 0 saturated carbocycles. The molecule has 1 unspecified atom stereocenters. The first kappa shape index (κ1) is 26.0. The predicted molar refractivity (Wildman–Crippen MR) is 128 cm³/mol. The summed E-state index contributed by atoms with van der Waals surface area (Å²) >= 11 is 0. The van der Waals surface area contributed by atoms with Crippen molar-refractivity contribution in [3.63, 3.8) is 0 Å². The Hall–Kier alpha value is -3.27. The van der Waals surface area contributed by atoms with E-state index in [4.69, 9.17) is 11.5 Å². The lowest BCUT2D eigenvalue weighted by molar-refractivity contribution is 0.0791. The van der Waals surface area contributed by atoms with Crippen LogP contribution in [0.25, 0.3) is 0 Å². The van der Waals surface area contributed by atoms with Gasteiger partial charge in [-0.3, -0.25) is 0 Å². The van der Waals surface area contributed by atoms with E-state index in [1.54, 1.807) is 12.1 Å². The van der Waals surface area contributed by atoms with Crippen LogP contribution in [0.15, 0.2) is 71.3 Å². The fourth-order valence-electron chi connectivity index (χ4n) is 3.99. The highest BCUT2D eigenvalue weighted by atomic mass is 19.1. The van der Waals surface area contributed by atoms with Crippen LogP contribution < -0.4 is 11.5 Å². The minimum absolute atomic E-state index is 0.0597. The maximum Gasteiger partial charge on any atom is 0.232 e. The van der Waals surface area contributed by atoms with E-state index in [0.29, 0.717) is 29.8 Å². The van der Waals surface area contributed by atoms with Gasteiger partial charge in [-0.2, -0.15) is 5.26 Å². The van der Waals surface area contributed by atoms with Gasteiger partial charge in [0, 0.05) is 23.5 Å². The van der Waals surface area contributed by atoms with Crippen LogP contribution >= 0.6 is 0 Å². The number of nitriles is 1. The van der Waals surface area contributed by atoms with E-state index in [1.165, 1.54) is 13.1 Å². The lowest BCUT2D eigenvalue weighted by Crippen LogP contribution is -2.37. The average molecular weight is 454 g/mol. The summed E-state index contributed by atoms with van der Waals surface area (Å²) in [5.74, 6) is -1.89. The minimum atomic E-state index is -0.850. The molecular formula is C26H33F2N5. The summed E-state index contributed by atoms with van der Waals surface area (Å²) in [6, 6.07) is 3.71. The SMILES string of the molecule is C=C/C(F)=C(C(/N)=C/C1=C(\N)C(c2ccnc(C#N)n2)CC(C)(C)C(C)(C)CC1)\C(F)=C/C. The molecule has 7 heteroatoms. The van der Waals surface area contributed by atoms with Gasteiger partial charge in [0.2, 0.25) is 5.82 Å². The lowest BCUT2D eigenvalue weighted by Gasteiger charge is -2.46. The molecule has 2 rings (SSSR count). The van der Waals surface area contributed by atoms with Gasteiger partial charge in [0.15, 0.2) is 0 Å². The first-order valence-corrected chi connectivity index (χ1v) is 10.9. The Balaban J connectivity index is 2.75. The quantitative estimate of drug-likeness (QED) is 0.532. The van der Waals surface area contributed by atoms with Crippen molar-refractivity contribution in [1.82, 2.24) is 9.97 Å². The molecule has 0 spiro atoms. The molecule has 0 fully saturated rings. The van der Waals surface area contributed by atoms with E-state index < -0.39 is 11.7 Å². The van der Waals surface area contributed by atoms with Crippen LogP contribution in [0, 0.1) is 22.2 Å². The van der Waals surface area contributed by atoms with Crippen molar-refractivity contribution >= 4 is 0 Å². The number of aromatic nitrogens is 2. The van der Waals surface area contributed by atoms with Gasteiger partial charge in [-0.25, -0.2) is 18.7 Å². The van der Waals surface area contributed by atoms with E-state index in [9.17, 15) is 14.0 Å². The van der Waals surface area contributed by atoms with Crippen LogP contribution in [0.4, 0.5) is 8.78 Å². The Morgan fingerprint density at radius 2 is 1.94 bits per heavy atom. The Morgan fingerprint density at radius 1 is 1.27 bits per heavy atom. The molecule has 33 heavy (non-hydrogen) atoms. The summed E-state index contributed by atoms with van der Waals surface area (Å²) in [7, 11) is 0. The van der Waals surface area contributed by atoms with Gasteiger partial charge in [0.1, 0.15) is 17.7 Å². The van der Waals surface area contributed by atoms with E-state index in [-0.39, 0.29) is 33.8 Å². The van der Waals surface area contributed by atoms with Gasteiger partial charge in [-0.1, -0.05) is 40.3 Å². The molecule has 0 amide bonds. The fourth-order valence-corrected chi connectivity index (χ4v) is 3.99. The summed E-state index contributed by atoms with van der Waals surface area (Å²) in [6.07, 6.45) is 7.19. The molecule has 5 nitrogen and oxygen atoms in total. The van der Waals surface area contributed by atoms with Gasteiger partial charge >= 0.3 is 0 Å². The normalized spacial score (nSPS) is 24.2. The Morgan fingerprint density at radius 3 is 2.52 bits per heavy atom. The van der Waals surface area contributed by atoms with E-state index in [2.05, 4.69) is 44.2 Å². The number of nitrogens with two attached hydrogens (primary N) is 2. The molecule has 0 bridgehead atoms. The number of nitrogens with zero attached hydrogens (tertiary/aromatic N) is 3. The maximum atomic E-state index is 14.4. The minimum Gasteiger partial charge on any atom is -0.401 e. The molecule has 0 radical (unpaired) electrons. The van der Waals surface area contributed by atoms with Crippen molar-refractivity contribution in [2.24, 2.45) is 22.3 Å². The Labute approximate surface area is 195 Å². The summed E-state index contributed by atoms with van der Waals surface area (Å²) in [5, 5.41) is 9.26. The summed E-state index contributed by atoms with van der Waals surface area (Å²) in [6.45, 7) is 13.6. The van der Waals surface area contributed by atoms with Gasteiger partial charge in [-0.15, -0.1) is 0 Å². The monoisotopic (exact) mass is 453 g/mol. The molecule has 4 N–H and O–H groups in total. The molecule has 1 aliphatic carbocycles. The third-order valence-corrected chi connectivity index (χ3v) is 6.97. The molecule has 0 aliphatic heterocycles. The molecule has 1 aliphatic rings. The molecule has 1 aromatic heterocycles. The topological polar surface area (TPSA) is 102 Å². The zero-order valence-corrected chi connectivity index (χ0v) is 20.0. The third kappa shape index (κ3) is 5.57. The van der Waals surface area contributed by atoms with Crippen molar-refractivity contribution < 1.29 is 8.78 Å². The summed E-state index contributed by atoms with van der Waals surface area (Å²) < 4.78 is 28.8. The molecular weight excluding hydrogens is 420 g/mol. The standard InChI is InChI=1S/C26H33F2N5/c1-7-18(27)23(19(28)8-2)20(30)13-16-9-11-25(3,4)26(5,6)14-17(24(16)31)21-10-12-32-22(15-29)33-21/h7-8,10,12-13,17H,1,9,11,14,30-31H2,2-6H3/b19-8+,20-13-,23-18-,24-16-. The smallest absolute Gasteiger partial charge is 0.232 e. The van der Waals surface area contributed by atoms with Gasteiger partial charge in [0.25, 0.3) is 0 Å². The van der Waals surface area contributed by atoms with Crippen molar-refractivity contribution in [2.75, 3.05) is 0 Å². The van der Waals surface area contributed by atoms with Crippen LogP contribution in [0.1, 0.15) is 71.3 Å². The molecule has 1 heterocycles. The second-order valence-corrected chi connectivity index (χ2v) is 9.59. The number of rotatable bonds is 5. The van der Waals surface area contributed by atoms with Gasteiger partial charge in [-0.05, 0) is 60.8 Å². The number of allylic oxidation sites excluding steroid dienone is 7. The van der Waals surface area contributed by atoms with Crippen molar-refractivity contribution in [3.8, 4) is 6.07 Å². The molecule has 1 aromatic rings. The Bertz CT molecular complexity index is 1080. The van der Waals surface area contributed by atoms with Gasteiger partial charge < -0.3 is 11.5 Å². The first-order chi connectivity index (χ1) is 15.4. The van der Waals surface area contributed by atoms with Crippen LogP contribution in [-0.2, 0) is 0 Å². The van der Waals surface area contributed by atoms with E-state index in [1.807, 2.05) is 6.07 Å². The highest BCUT2D eigenvalue weighted by molar-refractivity contribution is 5.49. The zero-order chi connectivity index (χ0) is 25.0. The highest BCUT2D eigenvalue weighted by Gasteiger charge is 2.41. The van der Waals surface area contributed by atoms with Crippen molar-refractivity contribution in [2.45, 2.75) is 59.8 Å². The summed E-state index contributed by atoms with van der Waals surface area (Å²) in [4.78, 5) is 8.36. The number of hydrogen-bond acceptors (Lipinski definition) is 5. The van der Waals surface area contributed by atoms with E-state index >= 15 is 0 Å². The first-order valence-electron chi connectivity index (χ1n) is 10.9. The number of hydrogen-bond donors (Lipinski definition) is 2. The Kier molecular flexibility index (Phi) is 7.97. The molecule has 1 atom stereocenters. The molecule has 176 valence electrons. The molecule has 0 saturated heterocycles. The summed E-state index contributed by atoms with van der Waals surface area (Å²) in [5.41, 5.74) is 14.1. The highest BCUT2D eigenvalue weighted by Crippen LogP contribution is 2.51. The second-order valence-electron chi connectivity index (χ2n) is 9.59. The number of halogens is 2. The maximum absolute atomic E-state index is 14.4. The van der Waals surface area contributed by atoms with Crippen LogP contribution in [0.2, 0.25) is 0 Å². The van der Waals surface area contributed by atoms with Crippen LogP contribution in [0.3, 0.4) is 0 Å². The molecule has 0 aromatic carbocycles.